The molecule has 21 aromatic rings. The van der Waals surface area contributed by atoms with Gasteiger partial charge in [-0.1, -0.05) is 370 Å². The van der Waals surface area contributed by atoms with Gasteiger partial charge in [0.25, 0.3) is 0 Å². The van der Waals surface area contributed by atoms with Crippen LogP contribution in [0.3, 0.4) is 0 Å². The number of hydrogen-bond acceptors (Lipinski definition) is 0. The molecule has 24 rings (SSSR count). The molecule has 0 spiro atoms. The van der Waals surface area contributed by atoms with Gasteiger partial charge >= 0.3 is 0 Å². The topological polar surface area (TPSA) is 0 Å². The molecule has 0 aromatic heterocycles. The van der Waals surface area contributed by atoms with E-state index in [2.05, 4.69) is 400 Å². The molecule has 0 radical (unpaired) electrons. The fourth-order valence-electron chi connectivity index (χ4n) is 19.2. The molecule has 516 valence electrons. The molecule has 21 aromatic carbocycles. The maximum atomic E-state index is 2.41. The number of rotatable bonds is 6. The normalized spacial score (nSPS) is 12.2. The van der Waals surface area contributed by atoms with Crippen LogP contribution in [0.25, 0.3) is 197 Å². The highest BCUT2D eigenvalue weighted by Crippen LogP contribution is 2.49. The molecule has 0 atom stereocenters. The summed E-state index contributed by atoms with van der Waals surface area (Å²) in [5.41, 5.74) is 32.4. The maximum Gasteiger partial charge on any atom is -0.000112 e. The summed E-state index contributed by atoms with van der Waals surface area (Å²) < 4.78 is 0. The van der Waals surface area contributed by atoms with Crippen molar-refractivity contribution in [2.45, 2.75) is 19.3 Å². The van der Waals surface area contributed by atoms with Gasteiger partial charge in [-0.15, -0.1) is 0 Å². The lowest BCUT2D eigenvalue weighted by Crippen LogP contribution is -1.90. The molecule has 0 fully saturated rings. The molecule has 0 saturated carbocycles. The summed E-state index contributed by atoms with van der Waals surface area (Å²) in [5, 5.41) is 23.7. The summed E-state index contributed by atoms with van der Waals surface area (Å²) >= 11 is 0. The fraction of sp³-hybridized carbons (Fsp3) is 0.0270. The Bertz CT molecular complexity index is 7310. The molecule has 0 amide bonds. The van der Waals surface area contributed by atoms with E-state index in [1.165, 1.54) is 230 Å². The highest BCUT2D eigenvalue weighted by molar-refractivity contribution is 6.28. The van der Waals surface area contributed by atoms with Crippen molar-refractivity contribution in [3.63, 3.8) is 0 Å². The van der Waals surface area contributed by atoms with E-state index in [0.717, 1.165) is 19.3 Å². The van der Waals surface area contributed by atoms with Crippen molar-refractivity contribution < 1.29 is 0 Å². The monoisotopic (exact) mass is 1400 g/mol. The van der Waals surface area contributed by atoms with Crippen LogP contribution in [0.4, 0.5) is 0 Å². The van der Waals surface area contributed by atoms with Crippen molar-refractivity contribution in [2.75, 3.05) is 0 Å². The highest BCUT2D eigenvalue weighted by atomic mass is 14.3. The molecule has 0 aliphatic heterocycles. The van der Waals surface area contributed by atoms with Crippen LogP contribution in [0.2, 0.25) is 0 Å². The minimum absolute atomic E-state index is 0.950. The van der Waals surface area contributed by atoms with Crippen LogP contribution in [-0.4, -0.2) is 0 Å². The highest BCUT2D eigenvalue weighted by Gasteiger charge is 2.27. The predicted molar refractivity (Wildman–Crippen MR) is 474 cm³/mol. The predicted octanol–water partition coefficient (Wildman–Crippen LogP) is 30.2. The van der Waals surface area contributed by atoms with E-state index in [4.69, 9.17) is 0 Å². The van der Waals surface area contributed by atoms with Gasteiger partial charge in [0.1, 0.15) is 0 Å². The van der Waals surface area contributed by atoms with E-state index in [0.29, 0.717) is 0 Å². The second-order valence-corrected chi connectivity index (χ2v) is 30.3. The largest absolute Gasteiger partial charge is 0.0622 e. The molecule has 0 bridgehead atoms. The molecule has 3 aliphatic rings. The average Bonchev–Trinajstić information content (AvgIpc) is 1.74. The van der Waals surface area contributed by atoms with E-state index >= 15 is 0 Å². The van der Waals surface area contributed by atoms with Gasteiger partial charge in [0.2, 0.25) is 0 Å². The quantitative estimate of drug-likeness (QED) is 0.146. The first-order valence-corrected chi connectivity index (χ1v) is 39.0. The Morgan fingerprint density at radius 2 is 0.315 bits per heavy atom. The lowest BCUT2D eigenvalue weighted by Gasteiger charge is -2.14. The van der Waals surface area contributed by atoms with E-state index in [-0.39, 0.29) is 0 Å². The summed E-state index contributed by atoms with van der Waals surface area (Å²) in [6, 6.07) is 147. The molecular weight excluding hydrogens is 1330 g/mol. The van der Waals surface area contributed by atoms with Crippen molar-refractivity contribution in [3.05, 3.63) is 434 Å². The first-order valence-electron chi connectivity index (χ1n) is 39.0. The zero-order chi connectivity index (χ0) is 73.0. The summed E-state index contributed by atoms with van der Waals surface area (Å²) in [6.07, 6.45) is 2.96. The Morgan fingerprint density at radius 3 is 0.676 bits per heavy atom. The third-order valence-corrected chi connectivity index (χ3v) is 24.3. The van der Waals surface area contributed by atoms with Gasteiger partial charge in [0, 0.05) is 0 Å². The molecule has 0 heteroatoms. The Morgan fingerprint density at radius 1 is 0.108 bits per heavy atom. The standard InChI is InChI=1S/C43H28.C37H24.C31H20/c1-2-11-28(12-3-1)32-19-9-21-38-39-22-10-20-33(43(39)27-42(32)38)31-14-8-13-29(25-31)30-23-24-40-36-17-5-4-15-34(36)35-16-6-7-18-37(35)41(40)26-30;1-2-12-28-27(9-1)23-36-29(17-8-18-30(28)36)26-11-7-10-24(21-26)25-19-20-35-33-15-4-3-13-31(33)32-14-5-6-16-34(32)37(35)22-25;1-2-9-22-20(8-1)18-30-23(14-7-15-24(22)30)21-16-17-29-27-12-4-3-10-25(27)26-11-5-6-13-28(26)31(29)19-21/h1-26H,27H2;1-22H,23H2;1-17,19H,18H2. The fourth-order valence-corrected chi connectivity index (χ4v) is 19.2. The Balaban J connectivity index is 0.000000104. The number of fused-ring (bicyclic) bond motifs is 27. The third kappa shape index (κ3) is 10.7. The van der Waals surface area contributed by atoms with Gasteiger partial charge in [-0.3, -0.25) is 0 Å². The number of benzene rings is 21. The second kappa shape index (κ2) is 26.4. The number of hydrogen-bond donors (Lipinski definition) is 0. The van der Waals surface area contributed by atoms with Crippen molar-refractivity contribution in [3.8, 4) is 100 Å². The Labute approximate surface area is 645 Å². The zero-order valence-corrected chi connectivity index (χ0v) is 61.2. The van der Waals surface area contributed by atoms with Crippen LogP contribution in [0.15, 0.2) is 400 Å². The van der Waals surface area contributed by atoms with Crippen molar-refractivity contribution in [1.82, 2.24) is 0 Å². The van der Waals surface area contributed by atoms with Crippen LogP contribution in [-0.2, 0) is 19.3 Å². The first kappa shape index (κ1) is 64.2. The van der Waals surface area contributed by atoms with Gasteiger partial charge in [0.05, 0.1) is 0 Å². The van der Waals surface area contributed by atoms with Gasteiger partial charge in [0.15, 0.2) is 0 Å². The van der Waals surface area contributed by atoms with Gasteiger partial charge in [-0.25, -0.2) is 0 Å². The minimum Gasteiger partial charge on any atom is -0.0622 e. The first-order chi connectivity index (χ1) is 55.1. The van der Waals surface area contributed by atoms with Crippen molar-refractivity contribution >= 4 is 97.0 Å². The third-order valence-electron chi connectivity index (χ3n) is 24.3. The van der Waals surface area contributed by atoms with Crippen LogP contribution < -0.4 is 0 Å². The molecule has 0 nitrogen and oxygen atoms in total. The van der Waals surface area contributed by atoms with Gasteiger partial charge in [-0.05, 0) is 280 Å². The van der Waals surface area contributed by atoms with Crippen LogP contribution in [0.5, 0.6) is 0 Å². The molecule has 0 heterocycles. The van der Waals surface area contributed by atoms with Crippen LogP contribution >= 0.6 is 0 Å². The van der Waals surface area contributed by atoms with Crippen molar-refractivity contribution in [2.24, 2.45) is 0 Å². The molecule has 3 aliphatic carbocycles. The SMILES string of the molecule is c1cc(-c2ccc3c4ccccc4c4ccccc4c3c2)cc(-c2cccc3c2Cc2ccccc2-3)c1.c1ccc(-c2cccc3c2Cc2c(-c4cccc(-c5ccc6c7ccccc7c7ccccc7c6c5)c4)cccc2-3)cc1.c1ccc2c(c1)Cc1c(-c3ccc4c5ccccc5c5ccccc5c4c3)cccc1-2. The van der Waals surface area contributed by atoms with Crippen LogP contribution in [0, 0.1) is 0 Å². The lowest BCUT2D eigenvalue weighted by atomic mass is 9.90. The van der Waals surface area contributed by atoms with E-state index in [1.54, 1.807) is 0 Å². The molecule has 0 saturated heterocycles. The van der Waals surface area contributed by atoms with Crippen LogP contribution in [0.1, 0.15) is 33.4 Å². The minimum atomic E-state index is 0.950. The lowest BCUT2D eigenvalue weighted by molar-refractivity contribution is 1.26. The molecule has 0 N–H and O–H groups in total. The maximum absolute atomic E-state index is 2.41. The van der Waals surface area contributed by atoms with E-state index < -0.39 is 0 Å². The summed E-state index contributed by atoms with van der Waals surface area (Å²) in [7, 11) is 0. The summed E-state index contributed by atoms with van der Waals surface area (Å²) in [6.45, 7) is 0. The molecule has 0 unspecified atom stereocenters. The Kier molecular flexibility index (Phi) is 15.3. The summed E-state index contributed by atoms with van der Waals surface area (Å²) in [5.74, 6) is 0. The van der Waals surface area contributed by atoms with E-state index in [9.17, 15) is 0 Å². The van der Waals surface area contributed by atoms with Gasteiger partial charge in [-0.2, -0.15) is 0 Å². The Hall–Kier alpha value is -14.0. The van der Waals surface area contributed by atoms with E-state index in [1.807, 2.05) is 0 Å². The summed E-state index contributed by atoms with van der Waals surface area (Å²) in [4.78, 5) is 0. The zero-order valence-electron chi connectivity index (χ0n) is 61.2. The molecular formula is C111H72. The van der Waals surface area contributed by atoms with Gasteiger partial charge < -0.3 is 0 Å². The second-order valence-electron chi connectivity index (χ2n) is 30.3. The average molecular weight is 1410 g/mol. The smallest absolute Gasteiger partial charge is 0.000112 e. The molecule has 111 heavy (non-hydrogen) atoms. The van der Waals surface area contributed by atoms with Crippen molar-refractivity contribution in [1.29, 1.82) is 0 Å².